The molecule has 5 rings (SSSR count). The van der Waals surface area contributed by atoms with Crippen LogP contribution in [0.15, 0.2) is 42.5 Å². The summed E-state index contributed by atoms with van der Waals surface area (Å²) in [5, 5.41) is 4.77. The molecule has 7 nitrogen and oxygen atoms in total. The van der Waals surface area contributed by atoms with Gasteiger partial charge in [0, 0.05) is 29.5 Å². The quantitative estimate of drug-likeness (QED) is 0.324. The lowest BCUT2D eigenvalue weighted by atomic mass is 10.0. The molecular weight excluding hydrogens is 494 g/mol. The first-order valence-corrected chi connectivity index (χ1v) is 13.6. The first-order chi connectivity index (χ1) is 17.5. The van der Waals surface area contributed by atoms with E-state index in [0.29, 0.717) is 43.4 Å². The molecule has 1 aliphatic heterocycles. The number of thiophene rings is 1. The van der Waals surface area contributed by atoms with Crippen LogP contribution < -0.4 is 14.8 Å². The molecule has 0 saturated heterocycles. The van der Waals surface area contributed by atoms with Crippen LogP contribution in [-0.2, 0) is 17.8 Å². The summed E-state index contributed by atoms with van der Waals surface area (Å²) < 4.78 is 12.4. The van der Waals surface area contributed by atoms with E-state index in [1.807, 2.05) is 36.9 Å². The van der Waals surface area contributed by atoms with Crippen LogP contribution in [0.4, 0.5) is 5.00 Å². The Morgan fingerprint density at radius 1 is 1.06 bits per heavy atom. The van der Waals surface area contributed by atoms with Gasteiger partial charge in [-0.25, -0.2) is 4.98 Å². The number of nitrogens with zero attached hydrogens (tertiary/aromatic N) is 2. The first-order valence-electron chi connectivity index (χ1n) is 12.0. The lowest BCUT2D eigenvalue weighted by molar-refractivity contribution is -0.129. The highest BCUT2D eigenvalue weighted by molar-refractivity contribution is 7.23. The van der Waals surface area contributed by atoms with Crippen molar-refractivity contribution in [2.75, 3.05) is 25.1 Å². The fourth-order valence-corrected chi connectivity index (χ4v) is 6.70. The summed E-state index contributed by atoms with van der Waals surface area (Å²) in [5.41, 5.74) is 3.54. The third kappa shape index (κ3) is 4.68. The van der Waals surface area contributed by atoms with Crippen molar-refractivity contribution in [3.8, 4) is 22.1 Å². The first kappa shape index (κ1) is 24.3. The van der Waals surface area contributed by atoms with Crippen molar-refractivity contribution < 1.29 is 19.1 Å². The minimum Gasteiger partial charge on any atom is -0.490 e. The molecule has 0 saturated carbocycles. The molecule has 3 heterocycles. The average molecular weight is 522 g/mol. The zero-order chi connectivity index (χ0) is 25.2. The number of rotatable bonds is 7. The van der Waals surface area contributed by atoms with Crippen molar-refractivity contribution in [2.45, 2.75) is 33.7 Å². The van der Waals surface area contributed by atoms with Crippen molar-refractivity contribution in [3.63, 3.8) is 0 Å². The van der Waals surface area contributed by atoms with Gasteiger partial charge in [-0.15, -0.1) is 22.7 Å². The van der Waals surface area contributed by atoms with Crippen molar-refractivity contribution in [3.05, 3.63) is 58.5 Å². The van der Waals surface area contributed by atoms with Gasteiger partial charge in [-0.3, -0.25) is 9.59 Å². The van der Waals surface area contributed by atoms with E-state index in [0.717, 1.165) is 42.7 Å². The highest BCUT2D eigenvalue weighted by atomic mass is 32.1. The molecule has 4 aromatic rings. The van der Waals surface area contributed by atoms with Gasteiger partial charge in [0.15, 0.2) is 11.5 Å². The van der Waals surface area contributed by atoms with Gasteiger partial charge >= 0.3 is 0 Å². The minimum atomic E-state index is -0.233. The van der Waals surface area contributed by atoms with Gasteiger partial charge in [-0.1, -0.05) is 12.1 Å². The maximum absolute atomic E-state index is 13.4. The number of aromatic nitrogens is 1. The van der Waals surface area contributed by atoms with Crippen LogP contribution in [0.1, 0.15) is 41.6 Å². The molecule has 0 fully saturated rings. The van der Waals surface area contributed by atoms with Gasteiger partial charge in [0.1, 0.15) is 10.0 Å². The molecule has 1 N–H and O–H groups in total. The molecule has 1 aliphatic rings. The Labute approximate surface area is 217 Å². The molecule has 2 aromatic heterocycles. The van der Waals surface area contributed by atoms with Crippen molar-refractivity contribution in [1.29, 1.82) is 0 Å². The molecule has 0 spiro atoms. The van der Waals surface area contributed by atoms with E-state index >= 15 is 0 Å². The third-order valence-corrected chi connectivity index (χ3v) is 8.23. The molecule has 0 radical (unpaired) electrons. The van der Waals surface area contributed by atoms with Crippen LogP contribution in [0.3, 0.4) is 0 Å². The van der Waals surface area contributed by atoms with Gasteiger partial charge in [-0.2, -0.15) is 0 Å². The monoisotopic (exact) mass is 521 g/mol. The van der Waals surface area contributed by atoms with Gasteiger partial charge in [0.25, 0.3) is 5.91 Å². The second kappa shape index (κ2) is 10.3. The molecule has 186 valence electrons. The van der Waals surface area contributed by atoms with Crippen LogP contribution in [0.5, 0.6) is 11.5 Å². The Kier molecular flexibility index (Phi) is 6.93. The molecular formula is C27H27N3O4S2. The Hall–Kier alpha value is -3.43. The summed E-state index contributed by atoms with van der Waals surface area (Å²) in [6, 6.07) is 13.3. The van der Waals surface area contributed by atoms with E-state index in [9.17, 15) is 9.59 Å². The molecule has 9 heteroatoms. The standard InChI is InChI=1S/C27H27N3O4S2/c1-4-33-20-11-10-17(14-21(20)34-5-2)25(32)29-27-24(26-28-19-8-6-7-9-22(19)35-26)18-12-13-30(16(3)31)15-23(18)36-27/h6-11,14H,4-5,12-13,15H2,1-3H3,(H,29,32). The number of hydrogen-bond donors (Lipinski definition) is 1. The fourth-order valence-electron chi connectivity index (χ4n) is 4.33. The number of carbonyl (C=O) groups excluding carboxylic acids is 2. The molecule has 0 unspecified atom stereocenters. The summed E-state index contributed by atoms with van der Waals surface area (Å²) in [6.07, 6.45) is 0.726. The summed E-state index contributed by atoms with van der Waals surface area (Å²) in [5.74, 6) is 0.977. The third-order valence-electron chi connectivity index (χ3n) is 6.04. The van der Waals surface area contributed by atoms with Gasteiger partial charge in [-0.05, 0) is 56.2 Å². The summed E-state index contributed by atoms with van der Waals surface area (Å²) in [6.45, 7) is 7.57. The number of amides is 2. The SMILES string of the molecule is CCOc1ccc(C(=O)Nc2sc3c(c2-c2nc4ccccc4s2)CCN(C(C)=O)C3)cc1OCC. The van der Waals surface area contributed by atoms with Crippen LogP contribution in [-0.4, -0.2) is 41.5 Å². The molecule has 0 atom stereocenters. The Bertz CT molecular complexity index is 1410. The van der Waals surface area contributed by atoms with Crippen LogP contribution in [0.25, 0.3) is 20.8 Å². The smallest absolute Gasteiger partial charge is 0.256 e. The number of hydrogen-bond acceptors (Lipinski definition) is 7. The van der Waals surface area contributed by atoms with Crippen molar-refractivity contribution in [2.24, 2.45) is 0 Å². The molecule has 0 aliphatic carbocycles. The van der Waals surface area contributed by atoms with Gasteiger partial charge in [0.05, 0.1) is 30.0 Å². The molecule has 2 aromatic carbocycles. The summed E-state index contributed by atoms with van der Waals surface area (Å²) >= 11 is 3.14. The Balaban J connectivity index is 1.53. The fraction of sp³-hybridized carbons (Fsp3) is 0.296. The maximum atomic E-state index is 13.4. The highest BCUT2D eigenvalue weighted by Crippen LogP contribution is 2.46. The Morgan fingerprint density at radius 3 is 2.58 bits per heavy atom. The molecule has 0 bridgehead atoms. The van der Waals surface area contributed by atoms with Crippen LogP contribution >= 0.6 is 22.7 Å². The average Bonchev–Trinajstić information content (AvgIpc) is 3.45. The lowest BCUT2D eigenvalue weighted by Crippen LogP contribution is -2.33. The number of benzene rings is 2. The Morgan fingerprint density at radius 2 is 1.83 bits per heavy atom. The maximum Gasteiger partial charge on any atom is 0.256 e. The number of carbonyl (C=O) groups is 2. The van der Waals surface area contributed by atoms with E-state index in [4.69, 9.17) is 14.5 Å². The second-order valence-corrected chi connectivity index (χ2v) is 10.5. The summed E-state index contributed by atoms with van der Waals surface area (Å²) in [7, 11) is 0. The van der Waals surface area contributed by atoms with Gasteiger partial charge in [0.2, 0.25) is 5.91 Å². The number of anilines is 1. The van der Waals surface area contributed by atoms with E-state index in [-0.39, 0.29) is 11.8 Å². The van der Waals surface area contributed by atoms with E-state index in [2.05, 4.69) is 11.4 Å². The zero-order valence-corrected chi connectivity index (χ0v) is 22.1. The lowest BCUT2D eigenvalue weighted by Gasteiger charge is -2.26. The number of ether oxygens (including phenoxy) is 2. The van der Waals surface area contributed by atoms with E-state index in [1.165, 1.54) is 11.3 Å². The number of para-hydroxylation sites is 1. The normalized spacial score (nSPS) is 12.9. The topological polar surface area (TPSA) is 80.8 Å². The largest absolute Gasteiger partial charge is 0.490 e. The summed E-state index contributed by atoms with van der Waals surface area (Å²) in [4.78, 5) is 33.2. The van der Waals surface area contributed by atoms with Crippen LogP contribution in [0, 0.1) is 0 Å². The molecule has 36 heavy (non-hydrogen) atoms. The number of fused-ring (bicyclic) bond motifs is 2. The van der Waals surface area contributed by atoms with E-state index < -0.39 is 0 Å². The minimum absolute atomic E-state index is 0.0546. The second-order valence-electron chi connectivity index (χ2n) is 8.37. The molecule has 2 amide bonds. The van der Waals surface area contributed by atoms with Crippen molar-refractivity contribution >= 4 is 49.7 Å². The number of nitrogens with one attached hydrogen (secondary N) is 1. The van der Waals surface area contributed by atoms with Crippen LogP contribution in [0.2, 0.25) is 0 Å². The van der Waals surface area contributed by atoms with E-state index in [1.54, 1.807) is 36.5 Å². The zero-order valence-electron chi connectivity index (χ0n) is 20.4. The predicted octanol–water partition coefficient (Wildman–Crippen LogP) is 5.98. The highest BCUT2D eigenvalue weighted by Gasteiger charge is 2.29. The number of thiazole rings is 1. The van der Waals surface area contributed by atoms with Crippen molar-refractivity contribution in [1.82, 2.24) is 9.88 Å². The van der Waals surface area contributed by atoms with Gasteiger partial charge < -0.3 is 19.7 Å². The predicted molar refractivity (Wildman–Crippen MR) is 144 cm³/mol.